The molecule has 1 N–H and O–H groups in total. The zero-order valence-electron chi connectivity index (χ0n) is 28.3. The molecule has 5 rings (SSSR count). The number of carbonyl (C=O) groups is 2. The van der Waals surface area contributed by atoms with E-state index in [0.29, 0.717) is 21.4 Å². The molecule has 0 heterocycles. The second kappa shape index (κ2) is 16.6. The predicted molar refractivity (Wildman–Crippen MR) is 197 cm³/mol. The van der Waals surface area contributed by atoms with Crippen molar-refractivity contribution in [3.8, 4) is 11.5 Å². The first-order chi connectivity index (χ1) is 24.0. The predicted octanol–water partition coefficient (Wildman–Crippen LogP) is 7.21. The molecule has 264 valence electrons. The number of nitrogens with one attached hydrogen (secondary N) is 1. The van der Waals surface area contributed by atoms with Gasteiger partial charge in [0, 0.05) is 35.1 Å². The van der Waals surface area contributed by atoms with Crippen LogP contribution in [0.25, 0.3) is 0 Å². The molecule has 1 aliphatic rings. The second-order valence-electron chi connectivity index (χ2n) is 12.3. The van der Waals surface area contributed by atoms with E-state index in [-0.39, 0.29) is 41.2 Å². The van der Waals surface area contributed by atoms with E-state index in [9.17, 15) is 18.0 Å². The zero-order chi connectivity index (χ0) is 35.8. The third kappa shape index (κ3) is 8.91. The van der Waals surface area contributed by atoms with Gasteiger partial charge in [0.2, 0.25) is 11.8 Å². The maximum atomic E-state index is 14.8. The molecule has 0 saturated heterocycles. The Morgan fingerprint density at radius 2 is 1.56 bits per heavy atom. The van der Waals surface area contributed by atoms with E-state index in [4.69, 9.17) is 32.7 Å². The summed E-state index contributed by atoms with van der Waals surface area (Å²) in [6.07, 6.45) is 3.91. The summed E-state index contributed by atoms with van der Waals surface area (Å²) in [6, 6.07) is 24.4. The van der Waals surface area contributed by atoms with Gasteiger partial charge in [-0.1, -0.05) is 90.1 Å². The fourth-order valence-electron chi connectivity index (χ4n) is 6.10. The molecule has 0 aliphatic heterocycles. The smallest absolute Gasteiger partial charge is 0.264 e. The number of amides is 2. The van der Waals surface area contributed by atoms with Gasteiger partial charge < -0.3 is 19.7 Å². The van der Waals surface area contributed by atoms with Crippen molar-refractivity contribution in [2.45, 2.75) is 62.6 Å². The van der Waals surface area contributed by atoms with Crippen molar-refractivity contribution in [3.63, 3.8) is 0 Å². The first-order valence-corrected chi connectivity index (χ1v) is 18.6. The van der Waals surface area contributed by atoms with E-state index in [1.807, 2.05) is 37.3 Å². The summed E-state index contributed by atoms with van der Waals surface area (Å²) in [5.74, 6) is -0.257. The number of benzene rings is 4. The van der Waals surface area contributed by atoms with E-state index in [0.717, 1.165) is 41.1 Å². The molecule has 2 amide bonds. The molecule has 4 aromatic rings. The Kier molecular flexibility index (Phi) is 12.3. The van der Waals surface area contributed by atoms with Crippen molar-refractivity contribution in [1.82, 2.24) is 10.2 Å². The number of carbonyl (C=O) groups excluding carboxylic acids is 2. The van der Waals surface area contributed by atoms with Crippen LogP contribution < -0.4 is 19.1 Å². The molecule has 12 heteroatoms. The number of hydrogen-bond acceptors (Lipinski definition) is 6. The van der Waals surface area contributed by atoms with Gasteiger partial charge in [-0.05, 0) is 67.3 Å². The third-order valence-corrected chi connectivity index (χ3v) is 11.2. The molecule has 1 aliphatic carbocycles. The Hall–Kier alpha value is -4.25. The van der Waals surface area contributed by atoms with Crippen molar-refractivity contribution < 1.29 is 27.5 Å². The van der Waals surface area contributed by atoms with Gasteiger partial charge in [-0.15, -0.1) is 0 Å². The number of aryl methyl sites for hydroxylation is 1. The number of halogens is 2. The van der Waals surface area contributed by atoms with Gasteiger partial charge in [0.05, 0.1) is 24.8 Å². The fraction of sp³-hybridized carbons (Fsp3) is 0.316. The van der Waals surface area contributed by atoms with Crippen LogP contribution in [0.4, 0.5) is 5.69 Å². The minimum atomic E-state index is -4.31. The van der Waals surface area contributed by atoms with Gasteiger partial charge in [-0.25, -0.2) is 8.42 Å². The van der Waals surface area contributed by atoms with Gasteiger partial charge in [0.1, 0.15) is 12.6 Å². The molecule has 0 aromatic heterocycles. The number of hydrogen-bond donors (Lipinski definition) is 1. The highest BCUT2D eigenvalue weighted by Gasteiger charge is 2.36. The van der Waals surface area contributed by atoms with E-state index in [1.54, 1.807) is 42.5 Å². The summed E-state index contributed by atoms with van der Waals surface area (Å²) in [5, 5.41) is 3.90. The molecule has 1 fully saturated rings. The van der Waals surface area contributed by atoms with Crippen LogP contribution in [-0.4, -0.2) is 58.0 Å². The summed E-state index contributed by atoms with van der Waals surface area (Å²) in [4.78, 5) is 30.4. The number of nitrogens with zero attached hydrogens (tertiary/aromatic N) is 2. The molecular weight excluding hydrogens is 697 g/mol. The third-order valence-electron chi connectivity index (χ3n) is 8.87. The SMILES string of the molecule is COc1ccc(N(CC(=O)N(Cc2ccc(Cl)cc2Cl)[C@@H](Cc2ccccc2)C(=O)NC2CCCC2)S(=O)(=O)c2ccc(C)cc2)cc1OC. The lowest BCUT2D eigenvalue weighted by atomic mass is 10.0. The van der Waals surface area contributed by atoms with Gasteiger partial charge in [0.25, 0.3) is 10.0 Å². The average molecular weight is 739 g/mol. The van der Waals surface area contributed by atoms with Crippen LogP contribution in [-0.2, 0) is 32.6 Å². The van der Waals surface area contributed by atoms with E-state index >= 15 is 0 Å². The number of methoxy groups -OCH3 is 2. The van der Waals surface area contributed by atoms with E-state index < -0.39 is 28.5 Å². The van der Waals surface area contributed by atoms with Gasteiger partial charge in [-0.2, -0.15) is 0 Å². The molecular formula is C38H41Cl2N3O6S. The lowest BCUT2D eigenvalue weighted by Gasteiger charge is -2.34. The minimum absolute atomic E-state index is 0.00204. The highest BCUT2D eigenvalue weighted by atomic mass is 35.5. The molecule has 0 bridgehead atoms. The first kappa shape index (κ1) is 37.0. The molecule has 0 unspecified atom stereocenters. The summed E-state index contributed by atoms with van der Waals surface area (Å²) in [6.45, 7) is 1.16. The molecule has 4 aromatic carbocycles. The summed E-state index contributed by atoms with van der Waals surface area (Å²) < 4.78 is 40.7. The molecule has 0 spiro atoms. The highest BCUT2D eigenvalue weighted by molar-refractivity contribution is 7.92. The lowest BCUT2D eigenvalue weighted by molar-refractivity contribution is -0.140. The average Bonchev–Trinajstić information content (AvgIpc) is 3.62. The Labute approximate surface area is 304 Å². The lowest BCUT2D eigenvalue weighted by Crippen LogP contribution is -2.54. The van der Waals surface area contributed by atoms with Crippen LogP contribution in [0.2, 0.25) is 10.0 Å². The van der Waals surface area contributed by atoms with Crippen LogP contribution in [0.5, 0.6) is 11.5 Å². The van der Waals surface area contributed by atoms with Crippen LogP contribution in [0.1, 0.15) is 42.4 Å². The van der Waals surface area contributed by atoms with E-state index in [1.165, 1.54) is 37.3 Å². The Bertz CT molecular complexity index is 1900. The minimum Gasteiger partial charge on any atom is -0.493 e. The first-order valence-electron chi connectivity index (χ1n) is 16.4. The van der Waals surface area contributed by atoms with Crippen molar-refractivity contribution in [3.05, 3.63) is 118 Å². The maximum Gasteiger partial charge on any atom is 0.264 e. The van der Waals surface area contributed by atoms with Crippen LogP contribution in [0.3, 0.4) is 0 Å². The second-order valence-corrected chi connectivity index (χ2v) is 15.0. The molecule has 50 heavy (non-hydrogen) atoms. The molecule has 1 atom stereocenters. The Morgan fingerprint density at radius 3 is 2.20 bits per heavy atom. The molecule has 9 nitrogen and oxygen atoms in total. The maximum absolute atomic E-state index is 14.8. The summed E-state index contributed by atoms with van der Waals surface area (Å²) in [5.41, 5.74) is 2.44. The van der Waals surface area contributed by atoms with Crippen LogP contribution in [0.15, 0.2) is 95.9 Å². The summed E-state index contributed by atoms with van der Waals surface area (Å²) in [7, 11) is -1.39. The van der Waals surface area contributed by atoms with Gasteiger partial charge in [-0.3, -0.25) is 13.9 Å². The number of anilines is 1. The number of rotatable bonds is 14. The Morgan fingerprint density at radius 1 is 0.880 bits per heavy atom. The molecule has 1 saturated carbocycles. The van der Waals surface area contributed by atoms with Crippen LogP contribution >= 0.6 is 23.2 Å². The van der Waals surface area contributed by atoms with Crippen molar-refractivity contribution in [1.29, 1.82) is 0 Å². The Balaban J connectivity index is 1.61. The standard InChI is InChI=1S/C38H41Cl2N3O6S/c1-26-13-18-32(19-14-26)50(46,47)43(31-17-20-35(48-2)36(23-31)49-3)25-37(44)42(24-28-15-16-29(39)22-33(28)40)34(21-27-9-5-4-6-10-27)38(45)41-30-11-7-8-12-30/h4-6,9-10,13-20,22-23,30,34H,7-8,11-12,21,24-25H2,1-3H3,(H,41,45)/t34-/m0/s1. The van der Waals surface area contributed by atoms with Gasteiger partial charge in [0.15, 0.2) is 11.5 Å². The van der Waals surface area contributed by atoms with Gasteiger partial charge >= 0.3 is 0 Å². The highest BCUT2D eigenvalue weighted by Crippen LogP contribution is 2.34. The summed E-state index contributed by atoms with van der Waals surface area (Å²) >= 11 is 12.8. The monoisotopic (exact) mass is 737 g/mol. The van der Waals surface area contributed by atoms with E-state index in [2.05, 4.69) is 5.32 Å². The van der Waals surface area contributed by atoms with Crippen molar-refractivity contribution in [2.75, 3.05) is 25.1 Å². The largest absolute Gasteiger partial charge is 0.493 e. The number of ether oxygens (including phenoxy) is 2. The van der Waals surface area contributed by atoms with Crippen molar-refractivity contribution >= 4 is 50.7 Å². The topological polar surface area (TPSA) is 105 Å². The van der Waals surface area contributed by atoms with Crippen LogP contribution in [0, 0.1) is 6.92 Å². The molecule has 0 radical (unpaired) electrons. The number of sulfonamides is 1. The van der Waals surface area contributed by atoms with Crippen molar-refractivity contribution in [2.24, 2.45) is 0 Å². The fourth-order valence-corrected chi connectivity index (χ4v) is 7.98. The zero-order valence-corrected chi connectivity index (χ0v) is 30.6. The quantitative estimate of drug-likeness (QED) is 0.147. The normalized spacial score (nSPS) is 13.8.